The number of methoxy groups -OCH3 is 2. The highest BCUT2D eigenvalue weighted by Crippen LogP contribution is 2.48. The topological polar surface area (TPSA) is 30.5 Å². The Morgan fingerprint density at radius 2 is 1.90 bits per heavy atom. The van der Waals surface area contributed by atoms with E-state index in [1.54, 1.807) is 14.2 Å². The summed E-state index contributed by atoms with van der Waals surface area (Å²) in [6.07, 6.45) is 1.14. The Hall–Kier alpha value is -0.870. The molecule has 0 aliphatic carbocycles. The highest BCUT2D eigenvalue weighted by molar-refractivity contribution is 8.00. The summed E-state index contributed by atoms with van der Waals surface area (Å²) in [5, 5.41) is 3.69. The molecule has 4 heteroatoms. The lowest BCUT2D eigenvalue weighted by atomic mass is 9.90. The minimum Gasteiger partial charge on any atom is -0.493 e. The summed E-state index contributed by atoms with van der Waals surface area (Å²) in [7, 11) is 3.39. The summed E-state index contributed by atoms with van der Waals surface area (Å²) in [6.45, 7) is 7.85. The number of benzene rings is 1. The lowest BCUT2D eigenvalue weighted by Crippen LogP contribution is -2.40. The largest absolute Gasteiger partial charge is 0.493 e. The first-order valence-corrected chi connectivity index (χ1v) is 8.14. The molecule has 1 aromatic carbocycles. The number of nitrogens with one attached hydrogen (secondary N) is 1. The van der Waals surface area contributed by atoms with Gasteiger partial charge in [0.15, 0.2) is 11.5 Å². The van der Waals surface area contributed by atoms with E-state index in [2.05, 4.69) is 38.2 Å². The second kappa shape index (κ2) is 6.27. The molecule has 0 aromatic heterocycles. The molecular formula is C16H25NO2S. The molecule has 1 unspecified atom stereocenters. The normalized spacial score (nSPS) is 20.4. The van der Waals surface area contributed by atoms with Crippen molar-refractivity contribution in [3.8, 4) is 11.5 Å². The van der Waals surface area contributed by atoms with Crippen molar-refractivity contribution in [3.05, 3.63) is 23.3 Å². The van der Waals surface area contributed by atoms with Crippen molar-refractivity contribution in [2.75, 3.05) is 20.8 Å². The molecule has 0 radical (unpaired) electrons. The van der Waals surface area contributed by atoms with Crippen molar-refractivity contribution >= 4 is 11.8 Å². The Morgan fingerprint density at radius 1 is 1.25 bits per heavy atom. The number of thioether (sulfide) groups is 1. The van der Waals surface area contributed by atoms with Gasteiger partial charge in [0.2, 0.25) is 0 Å². The van der Waals surface area contributed by atoms with E-state index in [0.29, 0.717) is 6.04 Å². The van der Waals surface area contributed by atoms with Gasteiger partial charge in [0.05, 0.1) is 14.2 Å². The lowest BCUT2D eigenvalue weighted by molar-refractivity contribution is 0.352. The number of hydrogen-bond donors (Lipinski definition) is 1. The zero-order chi connectivity index (χ0) is 14.8. The van der Waals surface area contributed by atoms with E-state index in [4.69, 9.17) is 9.47 Å². The maximum Gasteiger partial charge on any atom is 0.161 e. The molecule has 3 nitrogen and oxygen atoms in total. The second-order valence-electron chi connectivity index (χ2n) is 5.69. The molecule has 20 heavy (non-hydrogen) atoms. The summed E-state index contributed by atoms with van der Waals surface area (Å²) in [5.41, 5.74) is 2.69. The molecule has 2 rings (SSSR count). The number of hydrogen-bond acceptors (Lipinski definition) is 4. The van der Waals surface area contributed by atoms with Gasteiger partial charge in [0.1, 0.15) is 0 Å². The fourth-order valence-corrected chi connectivity index (χ4v) is 3.85. The molecule has 1 aromatic rings. The highest BCUT2D eigenvalue weighted by Gasteiger charge is 2.37. The van der Waals surface area contributed by atoms with Crippen LogP contribution in [0.15, 0.2) is 12.1 Å². The van der Waals surface area contributed by atoms with Crippen LogP contribution in [0, 0.1) is 0 Å². The van der Waals surface area contributed by atoms with Gasteiger partial charge in [0, 0.05) is 16.5 Å². The Balaban J connectivity index is 2.44. The van der Waals surface area contributed by atoms with Crippen LogP contribution in [0.4, 0.5) is 0 Å². The van der Waals surface area contributed by atoms with E-state index in [0.717, 1.165) is 30.2 Å². The maximum atomic E-state index is 5.46. The van der Waals surface area contributed by atoms with Crippen molar-refractivity contribution in [2.24, 2.45) is 0 Å². The molecule has 1 heterocycles. The van der Waals surface area contributed by atoms with Gasteiger partial charge < -0.3 is 14.8 Å². The fourth-order valence-electron chi connectivity index (χ4n) is 2.70. The van der Waals surface area contributed by atoms with Crippen LogP contribution in [0.1, 0.15) is 44.4 Å². The monoisotopic (exact) mass is 295 g/mol. The SMILES string of the molecule is CCCNC1c2cc(OC)c(OC)cc2CSC1(C)C. The molecule has 1 N–H and O–H groups in total. The smallest absolute Gasteiger partial charge is 0.161 e. The third kappa shape index (κ3) is 2.91. The first-order chi connectivity index (χ1) is 9.53. The van der Waals surface area contributed by atoms with Crippen LogP contribution >= 0.6 is 11.8 Å². The molecule has 0 spiro atoms. The predicted octanol–water partition coefficient (Wildman–Crippen LogP) is 3.77. The van der Waals surface area contributed by atoms with Crippen LogP contribution < -0.4 is 14.8 Å². The second-order valence-corrected chi connectivity index (χ2v) is 7.31. The van der Waals surface area contributed by atoms with Crippen LogP contribution in [0.3, 0.4) is 0 Å². The van der Waals surface area contributed by atoms with Gasteiger partial charge in [-0.3, -0.25) is 0 Å². The van der Waals surface area contributed by atoms with Crippen molar-refractivity contribution in [2.45, 2.75) is 43.7 Å². The van der Waals surface area contributed by atoms with Gasteiger partial charge in [-0.05, 0) is 50.1 Å². The molecule has 0 saturated heterocycles. The molecule has 0 amide bonds. The summed E-state index contributed by atoms with van der Waals surface area (Å²) in [5.74, 6) is 2.66. The predicted molar refractivity (Wildman–Crippen MR) is 86.0 cm³/mol. The molecular weight excluding hydrogens is 270 g/mol. The summed E-state index contributed by atoms with van der Waals surface area (Å²) < 4.78 is 11.1. The Morgan fingerprint density at radius 3 is 2.50 bits per heavy atom. The van der Waals surface area contributed by atoms with Crippen molar-refractivity contribution in [1.29, 1.82) is 0 Å². The van der Waals surface area contributed by atoms with Gasteiger partial charge in [-0.2, -0.15) is 0 Å². The summed E-state index contributed by atoms with van der Waals surface area (Å²) in [6, 6.07) is 4.61. The number of ether oxygens (including phenoxy) is 2. The average molecular weight is 295 g/mol. The number of fused-ring (bicyclic) bond motifs is 1. The van der Waals surface area contributed by atoms with Gasteiger partial charge in [0.25, 0.3) is 0 Å². The minimum atomic E-state index is 0.182. The standard InChI is InChI=1S/C16H25NO2S/c1-6-7-17-15-12-9-14(19-5)13(18-4)8-11(12)10-20-16(15,2)3/h8-9,15,17H,6-7,10H2,1-5H3. The highest BCUT2D eigenvalue weighted by atomic mass is 32.2. The molecule has 0 bridgehead atoms. The Bertz CT molecular complexity index is 474. The third-order valence-electron chi connectivity index (χ3n) is 3.85. The maximum absolute atomic E-state index is 5.46. The van der Waals surface area contributed by atoms with Crippen molar-refractivity contribution in [3.63, 3.8) is 0 Å². The molecule has 1 aliphatic heterocycles. The Labute approximate surface area is 126 Å². The average Bonchev–Trinajstić information content (AvgIpc) is 2.44. The van der Waals surface area contributed by atoms with Crippen LogP contribution in [-0.2, 0) is 5.75 Å². The third-order valence-corrected chi connectivity index (χ3v) is 5.28. The van der Waals surface area contributed by atoms with Gasteiger partial charge in [-0.15, -0.1) is 11.8 Å². The molecule has 112 valence electrons. The van der Waals surface area contributed by atoms with Crippen molar-refractivity contribution in [1.82, 2.24) is 5.32 Å². The molecule has 0 fully saturated rings. The van der Waals surface area contributed by atoms with E-state index < -0.39 is 0 Å². The van der Waals surface area contributed by atoms with E-state index >= 15 is 0 Å². The van der Waals surface area contributed by atoms with E-state index in [1.165, 1.54) is 11.1 Å². The first kappa shape index (κ1) is 15.5. The van der Waals surface area contributed by atoms with E-state index in [-0.39, 0.29) is 4.75 Å². The zero-order valence-corrected chi connectivity index (χ0v) is 13.9. The van der Waals surface area contributed by atoms with Crippen molar-refractivity contribution < 1.29 is 9.47 Å². The molecule has 0 saturated carbocycles. The summed E-state index contributed by atoms with van der Waals surface area (Å²) >= 11 is 2.00. The van der Waals surface area contributed by atoms with Gasteiger partial charge in [-0.1, -0.05) is 6.92 Å². The van der Waals surface area contributed by atoms with E-state index in [9.17, 15) is 0 Å². The fraction of sp³-hybridized carbons (Fsp3) is 0.625. The summed E-state index contributed by atoms with van der Waals surface area (Å²) in [4.78, 5) is 0. The van der Waals surface area contributed by atoms with Crippen LogP contribution in [0.2, 0.25) is 0 Å². The van der Waals surface area contributed by atoms with Crippen LogP contribution in [0.25, 0.3) is 0 Å². The Kier molecular flexibility index (Phi) is 4.86. The van der Waals surface area contributed by atoms with Crippen LogP contribution in [-0.4, -0.2) is 25.5 Å². The minimum absolute atomic E-state index is 0.182. The quantitative estimate of drug-likeness (QED) is 0.896. The lowest BCUT2D eigenvalue weighted by Gasteiger charge is -2.40. The molecule has 1 aliphatic rings. The first-order valence-electron chi connectivity index (χ1n) is 7.15. The zero-order valence-electron chi connectivity index (χ0n) is 13.1. The number of rotatable bonds is 5. The van der Waals surface area contributed by atoms with Gasteiger partial charge in [-0.25, -0.2) is 0 Å². The van der Waals surface area contributed by atoms with E-state index in [1.807, 2.05) is 11.8 Å². The van der Waals surface area contributed by atoms with Crippen LogP contribution in [0.5, 0.6) is 11.5 Å². The van der Waals surface area contributed by atoms with Gasteiger partial charge >= 0.3 is 0 Å². The molecule has 1 atom stereocenters.